The molecule has 0 aliphatic carbocycles. The van der Waals surface area contributed by atoms with Crippen LogP contribution < -0.4 is 0 Å². The Bertz CT molecular complexity index is 1200. The van der Waals surface area contributed by atoms with Crippen LogP contribution >= 0.6 is 0 Å². The highest BCUT2D eigenvalue weighted by Gasteiger charge is 2.34. The summed E-state index contributed by atoms with van der Waals surface area (Å²) in [5, 5.41) is 11.2. The van der Waals surface area contributed by atoms with Gasteiger partial charge in [0.25, 0.3) is 0 Å². The minimum absolute atomic E-state index is 0.0900. The lowest BCUT2D eigenvalue weighted by Crippen LogP contribution is -2.51. The van der Waals surface area contributed by atoms with Crippen molar-refractivity contribution >= 4 is 16.0 Å². The Hall–Kier alpha value is -2.96. The molecule has 2 aliphatic rings. The van der Waals surface area contributed by atoms with Crippen LogP contribution in [0.5, 0.6) is 0 Å². The minimum Gasteiger partial charge on any atom is -0.480 e. The second kappa shape index (κ2) is 10.3. The minimum atomic E-state index is -3.69. The summed E-state index contributed by atoms with van der Waals surface area (Å²) in [6.45, 7) is 5.68. The molecule has 0 bridgehead atoms. The van der Waals surface area contributed by atoms with Crippen molar-refractivity contribution in [3.8, 4) is 0 Å². The molecule has 1 fully saturated rings. The molecule has 0 saturated carbocycles. The van der Waals surface area contributed by atoms with Gasteiger partial charge in [-0.15, -0.1) is 0 Å². The molecular weight excluding hydrogens is 476 g/mol. The molecule has 0 atom stereocenters. The lowest BCUT2D eigenvalue weighted by Gasteiger charge is -2.28. The third-order valence-electron chi connectivity index (χ3n) is 6.53. The molecule has 0 amide bonds. The highest BCUT2D eigenvalue weighted by molar-refractivity contribution is 7.89. The number of carboxylic acid groups (broad SMARTS) is 1. The van der Waals surface area contributed by atoms with Gasteiger partial charge < -0.3 is 14.4 Å². The molecule has 1 saturated heterocycles. The van der Waals surface area contributed by atoms with Crippen molar-refractivity contribution in [3.63, 3.8) is 0 Å². The molecule has 11 nitrogen and oxygen atoms in total. The number of hydrogen-bond acceptors (Lipinski definition) is 6. The van der Waals surface area contributed by atoms with Crippen LogP contribution in [0.25, 0.3) is 0 Å². The van der Waals surface area contributed by atoms with Crippen LogP contribution in [0.15, 0.2) is 29.2 Å². The van der Waals surface area contributed by atoms with E-state index in [1.54, 1.807) is 31.2 Å². The van der Waals surface area contributed by atoms with E-state index in [2.05, 4.69) is 0 Å². The monoisotopic (exact) mass is 507 g/mol. The van der Waals surface area contributed by atoms with Gasteiger partial charge in [0.2, 0.25) is 10.0 Å². The summed E-state index contributed by atoms with van der Waals surface area (Å²) in [6.07, 6.45) is 1.22. The summed E-state index contributed by atoms with van der Waals surface area (Å²) in [6, 6.07) is 6.79. The van der Waals surface area contributed by atoms with E-state index in [4.69, 9.17) is 9.57 Å². The number of carbonyl (C=O) groups is 1. The molecular formula is C23H31N4O7S+. The van der Waals surface area contributed by atoms with Gasteiger partial charge in [-0.25, -0.2) is 13.3 Å². The van der Waals surface area contributed by atoms with Gasteiger partial charge in [0.15, 0.2) is 6.61 Å². The molecule has 0 unspecified atom stereocenters. The second-order valence-electron chi connectivity index (χ2n) is 8.61. The van der Waals surface area contributed by atoms with Gasteiger partial charge in [0, 0.05) is 36.5 Å². The van der Waals surface area contributed by atoms with Crippen LogP contribution in [-0.4, -0.2) is 77.8 Å². The number of benzene rings is 1. The van der Waals surface area contributed by atoms with E-state index >= 15 is 0 Å². The molecule has 3 heterocycles. The number of aliphatic carboxylic acids is 1. The highest BCUT2D eigenvalue weighted by atomic mass is 32.2. The molecule has 4 rings (SSSR count). The second-order valence-corrected chi connectivity index (χ2v) is 10.5. The van der Waals surface area contributed by atoms with Crippen molar-refractivity contribution in [1.29, 1.82) is 0 Å². The normalized spacial score (nSPS) is 16.7. The van der Waals surface area contributed by atoms with Crippen molar-refractivity contribution in [2.24, 2.45) is 0 Å². The maximum atomic E-state index is 13.1. The van der Waals surface area contributed by atoms with Crippen LogP contribution in [-0.2, 0) is 50.4 Å². The van der Waals surface area contributed by atoms with E-state index in [1.807, 2.05) is 11.5 Å². The number of piperazine rings is 1. The maximum Gasteiger partial charge on any atom is 0.359 e. The molecule has 190 valence electrons. The van der Waals surface area contributed by atoms with E-state index in [1.165, 1.54) is 9.31 Å². The van der Waals surface area contributed by atoms with Gasteiger partial charge in [-0.1, -0.05) is 17.1 Å². The van der Waals surface area contributed by atoms with Crippen LogP contribution in [0.1, 0.15) is 35.0 Å². The lowest BCUT2D eigenvalue weighted by molar-refractivity contribution is -0.910. The molecule has 35 heavy (non-hydrogen) atoms. The maximum absolute atomic E-state index is 13.1. The van der Waals surface area contributed by atoms with Crippen molar-refractivity contribution in [2.75, 3.05) is 39.4 Å². The van der Waals surface area contributed by atoms with Crippen LogP contribution in [0, 0.1) is 11.8 Å². The van der Waals surface area contributed by atoms with Gasteiger partial charge in [0.05, 0.1) is 31.2 Å². The Morgan fingerprint density at radius 3 is 2.49 bits per heavy atom. The number of hydrazine groups is 1. The molecule has 1 aromatic heterocycles. The first-order valence-electron chi connectivity index (χ1n) is 11.7. The molecule has 12 heteroatoms. The SMILES string of the molecule is CCO[N+](=O)N1CCN(S(=O)(=O)c2ccc(Cc3c4c(n(CC(=O)O)c3C)CCOC4)cc2)CC1. The van der Waals surface area contributed by atoms with Crippen molar-refractivity contribution < 1.29 is 32.9 Å². The van der Waals surface area contributed by atoms with Crippen molar-refractivity contribution in [2.45, 2.75) is 44.7 Å². The number of sulfonamides is 1. The number of ether oxygens (including phenoxy) is 1. The zero-order chi connectivity index (χ0) is 25.2. The Kier molecular flexibility index (Phi) is 7.43. The first-order chi connectivity index (χ1) is 16.7. The fraction of sp³-hybridized carbons (Fsp3) is 0.522. The third kappa shape index (κ3) is 5.19. The number of carboxylic acids is 1. The van der Waals surface area contributed by atoms with Gasteiger partial charge in [-0.05, 0) is 43.5 Å². The van der Waals surface area contributed by atoms with Crippen LogP contribution in [0.3, 0.4) is 0 Å². The smallest absolute Gasteiger partial charge is 0.359 e. The first kappa shape index (κ1) is 25.1. The van der Waals surface area contributed by atoms with E-state index in [9.17, 15) is 23.2 Å². The number of aromatic nitrogens is 1. The van der Waals surface area contributed by atoms with Gasteiger partial charge >= 0.3 is 11.0 Å². The van der Waals surface area contributed by atoms with Gasteiger partial charge in [-0.2, -0.15) is 4.31 Å². The number of hydrogen-bond donors (Lipinski definition) is 1. The van der Waals surface area contributed by atoms with Gasteiger partial charge in [-0.3, -0.25) is 4.79 Å². The fourth-order valence-electron chi connectivity index (χ4n) is 4.71. The van der Waals surface area contributed by atoms with Crippen molar-refractivity contribution in [3.05, 3.63) is 57.3 Å². The number of rotatable bonds is 9. The van der Waals surface area contributed by atoms with Gasteiger partial charge in [0.1, 0.15) is 11.5 Å². The molecule has 1 N–H and O–H groups in total. The average molecular weight is 508 g/mol. The predicted molar refractivity (Wildman–Crippen MR) is 125 cm³/mol. The molecule has 0 spiro atoms. The Morgan fingerprint density at radius 1 is 1.17 bits per heavy atom. The molecule has 0 radical (unpaired) electrons. The lowest BCUT2D eigenvalue weighted by atomic mass is 9.99. The standard InChI is InChI=1S/C23H30N4O7S/c1-3-34-27(30)24-9-11-25(12-10-24)35(31,32)19-6-4-18(5-7-19)14-20-17(2)26(15-23(28)29)22-8-13-33-16-21(20)22/h4-7H,3,8-16H2,1-2H3/p+1. The molecule has 2 aromatic rings. The zero-order valence-corrected chi connectivity index (χ0v) is 20.8. The summed E-state index contributed by atoms with van der Waals surface area (Å²) in [5.41, 5.74) is 4.90. The van der Waals surface area contributed by atoms with E-state index < -0.39 is 16.0 Å². The van der Waals surface area contributed by atoms with Crippen LogP contribution in [0.4, 0.5) is 0 Å². The summed E-state index contributed by atoms with van der Waals surface area (Å²) in [5.74, 6) is -0.889. The summed E-state index contributed by atoms with van der Waals surface area (Å²) < 4.78 is 35.1. The van der Waals surface area contributed by atoms with E-state index in [0.717, 1.165) is 28.1 Å². The van der Waals surface area contributed by atoms with E-state index in [0.29, 0.717) is 31.1 Å². The first-order valence-corrected chi connectivity index (χ1v) is 13.1. The predicted octanol–water partition coefficient (Wildman–Crippen LogP) is 1.50. The largest absolute Gasteiger partial charge is 0.480 e. The quantitative estimate of drug-likeness (QED) is 0.507. The fourth-order valence-corrected chi connectivity index (χ4v) is 6.13. The number of fused-ring (bicyclic) bond motifs is 1. The third-order valence-corrected chi connectivity index (χ3v) is 8.44. The topological polar surface area (TPSA) is 121 Å². The van der Waals surface area contributed by atoms with E-state index in [-0.39, 0.29) is 44.2 Å². The Labute approximate surface area is 204 Å². The molecule has 2 aliphatic heterocycles. The zero-order valence-electron chi connectivity index (χ0n) is 20.0. The summed E-state index contributed by atoms with van der Waals surface area (Å²) in [7, 11) is -3.69. The Morgan fingerprint density at radius 2 is 1.86 bits per heavy atom. The summed E-state index contributed by atoms with van der Waals surface area (Å²) in [4.78, 5) is 28.3. The highest BCUT2D eigenvalue weighted by Crippen LogP contribution is 2.30. The number of nitrogens with zero attached hydrogens (tertiary/aromatic N) is 4. The molecule has 1 aromatic carbocycles. The summed E-state index contributed by atoms with van der Waals surface area (Å²) >= 11 is 0. The van der Waals surface area contributed by atoms with Crippen molar-refractivity contribution in [1.82, 2.24) is 13.9 Å². The average Bonchev–Trinajstić information content (AvgIpc) is 3.10. The Balaban J connectivity index is 1.49. The van der Waals surface area contributed by atoms with Crippen LogP contribution in [0.2, 0.25) is 0 Å².